The number of hydrogen-bond donors (Lipinski definition) is 1. The SMILES string of the molecule is COC(=O)c1sc(NC(=O)CSCc2cccc(C#N)c2)c(C(=O)OC)c1C. The maximum atomic E-state index is 12.3. The minimum Gasteiger partial charge on any atom is -0.465 e. The summed E-state index contributed by atoms with van der Waals surface area (Å²) >= 11 is 2.34. The maximum absolute atomic E-state index is 12.3. The number of nitrogens with zero attached hydrogens (tertiary/aromatic N) is 1. The third-order valence-corrected chi connectivity index (χ3v) is 5.91. The molecule has 9 heteroatoms. The van der Waals surface area contributed by atoms with Gasteiger partial charge < -0.3 is 14.8 Å². The van der Waals surface area contributed by atoms with Gasteiger partial charge in [0.25, 0.3) is 0 Å². The number of nitriles is 1. The lowest BCUT2D eigenvalue weighted by atomic mass is 10.1. The second-order valence-corrected chi connectivity index (χ2v) is 7.60. The Morgan fingerprint density at radius 3 is 2.57 bits per heavy atom. The molecule has 0 atom stereocenters. The Labute approximate surface area is 170 Å². The van der Waals surface area contributed by atoms with Crippen LogP contribution in [0.4, 0.5) is 5.00 Å². The fraction of sp³-hybridized carbons (Fsp3) is 0.263. The highest BCUT2D eigenvalue weighted by molar-refractivity contribution is 7.99. The van der Waals surface area contributed by atoms with Gasteiger partial charge in [-0.1, -0.05) is 12.1 Å². The highest BCUT2D eigenvalue weighted by Gasteiger charge is 2.26. The standard InChI is InChI=1S/C19H18N2O5S2/c1-11-15(18(23)25-2)17(28-16(11)19(24)26-3)21-14(22)10-27-9-13-6-4-5-12(7-13)8-20/h4-7H,9-10H2,1-3H3,(H,21,22). The molecule has 2 aromatic rings. The van der Waals surface area contributed by atoms with Crippen LogP contribution in [0.2, 0.25) is 0 Å². The maximum Gasteiger partial charge on any atom is 0.348 e. The quantitative estimate of drug-likeness (QED) is 0.687. The number of carbonyl (C=O) groups is 3. The fourth-order valence-electron chi connectivity index (χ4n) is 2.39. The topological polar surface area (TPSA) is 105 Å². The molecule has 0 radical (unpaired) electrons. The van der Waals surface area contributed by atoms with Crippen molar-refractivity contribution in [2.24, 2.45) is 0 Å². The summed E-state index contributed by atoms with van der Waals surface area (Å²) in [5.74, 6) is -0.838. The van der Waals surface area contributed by atoms with E-state index in [2.05, 4.69) is 11.4 Å². The van der Waals surface area contributed by atoms with Gasteiger partial charge in [0.05, 0.1) is 37.2 Å². The normalized spacial score (nSPS) is 10.1. The number of esters is 2. The average Bonchev–Trinajstić information content (AvgIpc) is 3.02. The van der Waals surface area contributed by atoms with Crippen molar-refractivity contribution in [3.63, 3.8) is 0 Å². The molecule has 1 amide bonds. The number of hydrogen-bond acceptors (Lipinski definition) is 8. The van der Waals surface area contributed by atoms with Gasteiger partial charge in [-0.05, 0) is 30.2 Å². The second kappa shape index (κ2) is 9.92. The first kappa shape index (κ1) is 21.5. The highest BCUT2D eigenvalue weighted by atomic mass is 32.2. The summed E-state index contributed by atoms with van der Waals surface area (Å²) < 4.78 is 9.48. The zero-order valence-electron chi connectivity index (χ0n) is 15.5. The molecule has 146 valence electrons. The fourth-order valence-corrected chi connectivity index (χ4v) is 4.30. The van der Waals surface area contributed by atoms with E-state index < -0.39 is 11.9 Å². The number of carbonyl (C=O) groups excluding carboxylic acids is 3. The van der Waals surface area contributed by atoms with E-state index in [1.54, 1.807) is 25.1 Å². The number of thiophene rings is 1. The predicted octanol–water partition coefficient (Wildman–Crippen LogP) is 3.37. The number of methoxy groups -OCH3 is 2. The van der Waals surface area contributed by atoms with Gasteiger partial charge in [-0.2, -0.15) is 5.26 Å². The summed E-state index contributed by atoms with van der Waals surface area (Å²) in [6.07, 6.45) is 0. The molecule has 0 bridgehead atoms. The summed E-state index contributed by atoms with van der Waals surface area (Å²) in [6.45, 7) is 1.60. The molecular formula is C19H18N2O5S2. The van der Waals surface area contributed by atoms with Crippen molar-refractivity contribution in [3.8, 4) is 6.07 Å². The van der Waals surface area contributed by atoms with Crippen molar-refractivity contribution in [2.75, 3.05) is 25.3 Å². The molecule has 1 heterocycles. The van der Waals surface area contributed by atoms with Crippen molar-refractivity contribution in [1.29, 1.82) is 5.26 Å². The van der Waals surface area contributed by atoms with Crippen LogP contribution < -0.4 is 5.32 Å². The van der Waals surface area contributed by atoms with Crippen LogP contribution in [0.1, 0.15) is 36.7 Å². The average molecular weight is 418 g/mol. The second-order valence-electron chi connectivity index (χ2n) is 5.60. The van der Waals surface area contributed by atoms with Crippen LogP contribution in [0.5, 0.6) is 0 Å². The number of benzene rings is 1. The lowest BCUT2D eigenvalue weighted by molar-refractivity contribution is -0.113. The van der Waals surface area contributed by atoms with Gasteiger partial charge in [0.2, 0.25) is 5.91 Å². The zero-order chi connectivity index (χ0) is 20.7. The number of thioether (sulfide) groups is 1. The van der Waals surface area contributed by atoms with E-state index in [0.717, 1.165) is 16.9 Å². The molecule has 1 aromatic heterocycles. The molecule has 0 aliphatic heterocycles. The summed E-state index contributed by atoms with van der Waals surface area (Å²) in [5.41, 5.74) is 2.05. The van der Waals surface area contributed by atoms with E-state index in [-0.39, 0.29) is 27.1 Å². The number of nitrogens with one attached hydrogen (secondary N) is 1. The van der Waals surface area contributed by atoms with Crippen LogP contribution in [0, 0.1) is 18.3 Å². The predicted molar refractivity (Wildman–Crippen MR) is 108 cm³/mol. The molecule has 0 unspecified atom stereocenters. The molecular weight excluding hydrogens is 400 g/mol. The Balaban J connectivity index is 2.07. The van der Waals surface area contributed by atoms with E-state index in [4.69, 9.17) is 14.7 Å². The van der Waals surface area contributed by atoms with E-state index in [1.807, 2.05) is 6.07 Å². The van der Waals surface area contributed by atoms with Crippen molar-refractivity contribution < 1.29 is 23.9 Å². The van der Waals surface area contributed by atoms with Gasteiger partial charge in [0.15, 0.2) is 0 Å². The van der Waals surface area contributed by atoms with E-state index in [0.29, 0.717) is 16.9 Å². The third kappa shape index (κ3) is 5.12. The van der Waals surface area contributed by atoms with E-state index in [1.165, 1.54) is 26.0 Å². The third-order valence-electron chi connectivity index (χ3n) is 3.72. The van der Waals surface area contributed by atoms with Crippen molar-refractivity contribution in [1.82, 2.24) is 0 Å². The molecule has 0 saturated heterocycles. The van der Waals surface area contributed by atoms with Crippen molar-refractivity contribution >= 4 is 45.9 Å². The lowest BCUT2D eigenvalue weighted by Gasteiger charge is -2.06. The number of rotatable bonds is 7. The van der Waals surface area contributed by atoms with Crippen molar-refractivity contribution in [2.45, 2.75) is 12.7 Å². The van der Waals surface area contributed by atoms with Crippen LogP contribution >= 0.6 is 23.1 Å². The Morgan fingerprint density at radius 1 is 1.21 bits per heavy atom. The Hall–Kier alpha value is -2.83. The Bertz CT molecular complexity index is 946. The van der Waals surface area contributed by atoms with Crippen LogP contribution in [0.15, 0.2) is 24.3 Å². The molecule has 0 spiro atoms. The molecule has 28 heavy (non-hydrogen) atoms. The largest absolute Gasteiger partial charge is 0.465 e. The van der Waals surface area contributed by atoms with Crippen LogP contribution in [-0.4, -0.2) is 37.8 Å². The van der Waals surface area contributed by atoms with Crippen molar-refractivity contribution in [3.05, 3.63) is 51.4 Å². The van der Waals surface area contributed by atoms with Gasteiger partial charge in [-0.3, -0.25) is 4.79 Å². The van der Waals surface area contributed by atoms with Gasteiger partial charge in [-0.25, -0.2) is 9.59 Å². The first-order chi connectivity index (χ1) is 13.4. The molecule has 0 aliphatic carbocycles. The van der Waals surface area contributed by atoms with E-state index >= 15 is 0 Å². The molecule has 1 aromatic carbocycles. The molecule has 0 saturated carbocycles. The van der Waals surface area contributed by atoms with Gasteiger partial charge in [0, 0.05) is 5.75 Å². The highest BCUT2D eigenvalue weighted by Crippen LogP contribution is 2.34. The summed E-state index contributed by atoms with van der Waals surface area (Å²) in [6, 6.07) is 9.23. The summed E-state index contributed by atoms with van der Waals surface area (Å²) in [5, 5.41) is 11.8. The minimum absolute atomic E-state index is 0.141. The monoisotopic (exact) mass is 418 g/mol. The number of amides is 1. The molecule has 0 fully saturated rings. The first-order valence-corrected chi connectivity index (χ1v) is 10.0. The smallest absolute Gasteiger partial charge is 0.348 e. The van der Waals surface area contributed by atoms with Gasteiger partial charge >= 0.3 is 11.9 Å². The lowest BCUT2D eigenvalue weighted by Crippen LogP contribution is -2.16. The first-order valence-electron chi connectivity index (χ1n) is 8.07. The van der Waals surface area contributed by atoms with E-state index in [9.17, 15) is 14.4 Å². The van der Waals surface area contributed by atoms with Crippen LogP contribution in [-0.2, 0) is 20.0 Å². The number of anilines is 1. The summed E-state index contributed by atoms with van der Waals surface area (Å²) in [7, 11) is 2.48. The van der Waals surface area contributed by atoms with Crippen LogP contribution in [0.3, 0.4) is 0 Å². The molecule has 0 aliphatic rings. The zero-order valence-corrected chi connectivity index (χ0v) is 17.2. The molecule has 2 rings (SSSR count). The summed E-state index contributed by atoms with van der Waals surface area (Å²) in [4.78, 5) is 36.5. The Kier molecular flexibility index (Phi) is 7.61. The van der Waals surface area contributed by atoms with Crippen LogP contribution in [0.25, 0.3) is 0 Å². The molecule has 7 nitrogen and oxygen atoms in total. The molecule has 1 N–H and O–H groups in total. The number of ether oxygens (including phenoxy) is 2. The van der Waals surface area contributed by atoms with Gasteiger partial charge in [-0.15, -0.1) is 23.1 Å². The Morgan fingerprint density at radius 2 is 1.93 bits per heavy atom. The van der Waals surface area contributed by atoms with Gasteiger partial charge in [0.1, 0.15) is 9.88 Å². The minimum atomic E-state index is -0.639.